The van der Waals surface area contributed by atoms with E-state index >= 15 is 0 Å². The topological polar surface area (TPSA) is 94.0 Å². The third-order valence-corrected chi connectivity index (χ3v) is 2.88. The van der Waals surface area contributed by atoms with Gasteiger partial charge in [0.25, 0.3) is 5.91 Å². The molecule has 0 aliphatic heterocycles. The first-order chi connectivity index (χ1) is 9.47. The number of aromatic nitrogens is 1. The van der Waals surface area contributed by atoms with Crippen LogP contribution in [0.4, 0.5) is 15.9 Å². The number of hydrogen-bond donors (Lipinski definition) is 3. The van der Waals surface area contributed by atoms with E-state index in [0.717, 1.165) is 5.56 Å². The van der Waals surface area contributed by atoms with E-state index in [9.17, 15) is 9.18 Å². The first-order valence-corrected chi connectivity index (χ1v) is 6.04. The number of nitrogens with one attached hydrogen (secondary N) is 1. The molecule has 104 valence electrons. The van der Waals surface area contributed by atoms with Crippen LogP contribution in [-0.2, 0) is 0 Å². The molecule has 2 rings (SSSR count). The molecule has 0 saturated carbocycles. The van der Waals surface area contributed by atoms with Crippen molar-refractivity contribution >= 4 is 17.4 Å². The molecule has 0 saturated heterocycles. The minimum Gasteiger partial charge on any atom is -0.397 e. The van der Waals surface area contributed by atoms with Gasteiger partial charge in [0.05, 0.1) is 23.5 Å². The summed E-state index contributed by atoms with van der Waals surface area (Å²) in [4.78, 5) is 15.4. The second kappa shape index (κ2) is 5.56. The summed E-state index contributed by atoms with van der Waals surface area (Å²) in [6.45, 7) is 1.83. The summed E-state index contributed by atoms with van der Waals surface area (Å²) in [5.41, 5.74) is 12.2. The summed E-state index contributed by atoms with van der Waals surface area (Å²) in [6, 6.07) is 7.40. The van der Waals surface area contributed by atoms with E-state index in [0.29, 0.717) is 11.5 Å². The van der Waals surface area contributed by atoms with Gasteiger partial charge in [-0.05, 0) is 30.7 Å². The number of halogens is 1. The molecule has 20 heavy (non-hydrogen) atoms. The van der Waals surface area contributed by atoms with Crippen LogP contribution < -0.4 is 16.8 Å². The van der Waals surface area contributed by atoms with Gasteiger partial charge in [-0.25, -0.2) is 9.37 Å². The SMILES string of the molecule is CC(Nc1ncc(N)cc1C(N)=O)c1cccc(F)c1. The number of pyridine rings is 1. The fourth-order valence-electron chi connectivity index (χ4n) is 1.85. The molecule has 1 atom stereocenters. The minimum atomic E-state index is -0.626. The van der Waals surface area contributed by atoms with Gasteiger partial charge in [0, 0.05) is 0 Å². The normalized spacial score (nSPS) is 11.9. The predicted octanol–water partition coefficient (Wildman–Crippen LogP) is 2.07. The largest absolute Gasteiger partial charge is 0.397 e. The molecule has 0 fully saturated rings. The van der Waals surface area contributed by atoms with Gasteiger partial charge >= 0.3 is 0 Å². The number of nitrogens with zero attached hydrogens (tertiary/aromatic N) is 1. The van der Waals surface area contributed by atoms with Crippen molar-refractivity contribution in [3.05, 3.63) is 53.5 Å². The maximum absolute atomic E-state index is 13.2. The Hall–Kier alpha value is -2.63. The third kappa shape index (κ3) is 3.03. The van der Waals surface area contributed by atoms with Crippen molar-refractivity contribution in [3.8, 4) is 0 Å². The summed E-state index contributed by atoms with van der Waals surface area (Å²) >= 11 is 0. The van der Waals surface area contributed by atoms with E-state index in [2.05, 4.69) is 10.3 Å². The van der Waals surface area contributed by atoms with Crippen molar-refractivity contribution in [1.29, 1.82) is 0 Å². The second-order valence-corrected chi connectivity index (χ2v) is 4.45. The number of amides is 1. The zero-order valence-electron chi connectivity index (χ0n) is 10.9. The van der Waals surface area contributed by atoms with Crippen LogP contribution in [0.2, 0.25) is 0 Å². The van der Waals surface area contributed by atoms with Crippen molar-refractivity contribution in [3.63, 3.8) is 0 Å². The Kier molecular flexibility index (Phi) is 3.84. The van der Waals surface area contributed by atoms with Gasteiger partial charge in [-0.2, -0.15) is 0 Å². The highest BCUT2D eigenvalue weighted by atomic mass is 19.1. The molecule has 1 amide bonds. The van der Waals surface area contributed by atoms with Crippen molar-refractivity contribution in [1.82, 2.24) is 4.98 Å². The number of hydrogen-bond acceptors (Lipinski definition) is 4. The number of rotatable bonds is 4. The Morgan fingerprint density at radius 1 is 1.40 bits per heavy atom. The highest BCUT2D eigenvalue weighted by Crippen LogP contribution is 2.22. The Balaban J connectivity index is 2.28. The number of anilines is 2. The lowest BCUT2D eigenvalue weighted by atomic mass is 10.1. The molecular formula is C14H15FN4O. The Labute approximate surface area is 115 Å². The van der Waals surface area contributed by atoms with Crippen molar-refractivity contribution in [2.45, 2.75) is 13.0 Å². The maximum Gasteiger partial charge on any atom is 0.252 e. The molecule has 1 unspecified atom stereocenters. The number of carbonyl (C=O) groups excluding carboxylic acids is 1. The standard InChI is InChI=1S/C14H15FN4O/c1-8(9-3-2-4-10(15)5-9)19-14-12(13(17)20)6-11(16)7-18-14/h2-8H,16H2,1H3,(H2,17,20)(H,18,19). The smallest absolute Gasteiger partial charge is 0.252 e. The summed E-state index contributed by atoms with van der Waals surface area (Å²) < 4.78 is 13.2. The number of primary amides is 1. The predicted molar refractivity (Wildman–Crippen MR) is 75.6 cm³/mol. The van der Waals surface area contributed by atoms with Crippen LogP contribution in [0.1, 0.15) is 28.9 Å². The molecule has 1 heterocycles. The van der Waals surface area contributed by atoms with E-state index in [1.807, 2.05) is 6.92 Å². The zero-order valence-corrected chi connectivity index (χ0v) is 10.9. The van der Waals surface area contributed by atoms with Crippen LogP contribution in [0.15, 0.2) is 36.5 Å². The highest BCUT2D eigenvalue weighted by molar-refractivity contribution is 5.98. The molecule has 0 radical (unpaired) electrons. The molecular weight excluding hydrogens is 259 g/mol. The molecule has 2 aromatic rings. The first kappa shape index (κ1) is 13.8. The highest BCUT2D eigenvalue weighted by Gasteiger charge is 2.13. The van der Waals surface area contributed by atoms with Gasteiger partial charge in [-0.15, -0.1) is 0 Å². The average molecular weight is 274 g/mol. The van der Waals surface area contributed by atoms with Crippen LogP contribution in [0.5, 0.6) is 0 Å². The zero-order chi connectivity index (χ0) is 14.7. The quantitative estimate of drug-likeness (QED) is 0.795. The molecule has 5 nitrogen and oxygen atoms in total. The van der Waals surface area contributed by atoms with Gasteiger partial charge in [0.2, 0.25) is 0 Å². The first-order valence-electron chi connectivity index (χ1n) is 6.04. The van der Waals surface area contributed by atoms with Crippen LogP contribution in [-0.4, -0.2) is 10.9 Å². The number of nitrogens with two attached hydrogens (primary N) is 2. The molecule has 1 aromatic heterocycles. The number of nitrogen functional groups attached to an aromatic ring is 1. The van der Waals surface area contributed by atoms with Crippen molar-refractivity contribution in [2.75, 3.05) is 11.1 Å². The Morgan fingerprint density at radius 2 is 2.15 bits per heavy atom. The summed E-state index contributed by atoms with van der Waals surface area (Å²) in [5.74, 6) is -0.626. The Bertz CT molecular complexity index is 645. The lowest BCUT2D eigenvalue weighted by Gasteiger charge is -2.17. The average Bonchev–Trinajstić information content (AvgIpc) is 2.40. The third-order valence-electron chi connectivity index (χ3n) is 2.88. The van der Waals surface area contributed by atoms with E-state index in [4.69, 9.17) is 11.5 Å². The molecule has 0 spiro atoms. The second-order valence-electron chi connectivity index (χ2n) is 4.45. The van der Waals surface area contributed by atoms with Crippen molar-refractivity contribution < 1.29 is 9.18 Å². The fourth-order valence-corrected chi connectivity index (χ4v) is 1.85. The summed E-state index contributed by atoms with van der Waals surface area (Å²) in [5, 5.41) is 3.03. The summed E-state index contributed by atoms with van der Waals surface area (Å²) in [6.07, 6.45) is 1.42. The van der Waals surface area contributed by atoms with Gasteiger partial charge < -0.3 is 16.8 Å². The van der Waals surface area contributed by atoms with Gasteiger partial charge in [-0.3, -0.25) is 4.79 Å². The minimum absolute atomic E-state index is 0.202. The number of carbonyl (C=O) groups is 1. The van der Waals surface area contributed by atoms with E-state index in [-0.39, 0.29) is 17.4 Å². The molecule has 6 heteroatoms. The van der Waals surface area contributed by atoms with Gasteiger partial charge in [-0.1, -0.05) is 12.1 Å². The number of benzene rings is 1. The molecule has 0 bridgehead atoms. The van der Waals surface area contributed by atoms with Gasteiger partial charge in [0.1, 0.15) is 11.6 Å². The van der Waals surface area contributed by atoms with Crippen LogP contribution in [0.25, 0.3) is 0 Å². The van der Waals surface area contributed by atoms with E-state index in [1.54, 1.807) is 12.1 Å². The lowest BCUT2D eigenvalue weighted by Crippen LogP contribution is -2.17. The Morgan fingerprint density at radius 3 is 2.80 bits per heavy atom. The van der Waals surface area contributed by atoms with Crippen LogP contribution >= 0.6 is 0 Å². The van der Waals surface area contributed by atoms with E-state index < -0.39 is 5.91 Å². The molecule has 0 aliphatic carbocycles. The van der Waals surface area contributed by atoms with E-state index in [1.165, 1.54) is 24.4 Å². The monoisotopic (exact) mass is 274 g/mol. The molecule has 5 N–H and O–H groups in total. The van der Waals surface area contributed by atoms with Gasteiger partial charge in [0.15, 0.2) is 0 Å². The maximum atomic E-state index is 13.2. The fraction of sp³-hybridized carbons (Fsp3) is 0.143. The van der Waals surface area contributed by atoms with Crippen LogP contribution in [0.3, 0.4) is 0 Å². The van der Waals surface area contributed by atoms with Crippen molar-refractivity contribution in [2.24, 2.45) is 5.73 Å². The molecule has 0 aliphatic rings. The molecule has 1 aromatic carbocycles. The summed E-state index contributed by atoms with van der Waals surface area (Å²) in [7, 11) is 0. The lowest BCUT2D eigenvalue weighted by molar-refractivity contribution is 0.100. The van der Waals surface area contributed by atoms with Crippen LogP contribution in [0, 0.1) is 5.82 Å².